The van der Waals surface area contributed by atoms with Crippen molar-refractivity contribution in [3.05, 3.63) is 35.9 Å². The summed E-state index contributed by atoms with van der Waals surface area (Å²) < 4.78 is 10.2. The number of aliphatic hydroxyl groups is 1. The van der Waals surface area contributed by atoms with Gasteiger partial charge in [0.1, 0.15) is 0 Å². The van der Waals surface area contributed by atoms with E-state index in [2.05, 4.69) is 4.74 Å². The molecule has 0 bridgehead atoms. The molecule has 0 aliphatic rings. The van der Waals surface area contributed by atoms with Crippen molar-refractivity contribution in [2.24, 2.45) is 0 Å². The normalized spacial score (nSPS) is 12.4. The molecule has 0 radical (unpaired) electrons. The van der Waals surface area contributed by atoms with Crippen LogP contribution in [0.1, 0.15) is 18.9 Å². The Hall–Kier alpha value is -1.43. The molecular formula is C16H25NO4. The van der Waals surface area contributed by atoms with Gasteiger partial charge in [-0.15, -0.1) is 0 Å². The Balaban J connectivity index is 2.29. The van der Waals surface area contributed by atoms with Gasteiger partial charge in [-0.2, -0.15) is 0 Å². The number of esters is 1. The Morgan fingerprint density at radius 2 is 2.05 bits per heavy atom. The second kappa shape index (κ2) is 10.3. The maximum absolute atomic E-state index is 11.3. The molecular weight excluding hydrogens is 270 g/mol. The lowest BCUT2D eigenvalue weighted by molar-refractivity contribution is -0.142. The van der Waals surface area contributed by atoms with Crippen LogP contribution in [-0.4, -0.2) is 55.4 Å². The van der Waals surface area contributed by atoms with Gasteiger partial charge in [-0.1, -0.05) is 37.3 Å². The summed E-state index contributed by atoms with van der Waals surface area (Å²) in [5.74, 6) is -0.291. The third kappa shape index (κ3) is 7.80. The molecule has 0 aliphatic carbocycles. The van der Waals surface area contributed by atoms with Crippen molar-refractivity contribution >= 4 is 5.97 Å². The van der Waals surface area contributed by atoms with Crippen molar-refractivity contribution in [1.82, 2.24) is 4.90 Å². The lowest BCUT2D eigenvalue weighted by Crippen LogP contribution is -2.39. The Morgan fingerprint density at radius 1 is 1.33 bits per heavy atom. The van der Waals surface area contributed by atoms with E-state index in [1.165, 1.54) is 7.11 Å². The van der Waals surface area contributed by atoms with Gasteiger partial charge in [-0.25, -0.2) is 0 Å². The Kier molecular flexibility index (Phi) is 8.66. The van der Waals surface area contributed by atoms with E-state index in [9.17, 15) is 9.90 Å². The van der Waals surface area contributed by atoms with E-state index in [4.69, 9.17) is 4.74 Å². The number of benzene rings is 1. The molecule has 0 amide bonds. The van der Waals surface area contributed by atoms with Crippen LogP contribution in [0.3, 0.4) is 0 Å². The monoisotopic (exact) mass is 295 g/mol. The molecule has 0 heterocycles. The lowest BCUT2D eigenvalue weighted by Gasteiger charge is -2.23. The summed E-state index contributed by atoms with van der Waals surface area (Å²) in [6.45, 7) is 4.09. The summed E-state index contributed by atoms with van der Waals surface area (Å²) in [7, 11) is 1.37. The number of hydrogen-bond acceptors (Lipinski definition) is 5. The molecule has 0 fully saturated rings. The van der Waals surface area contributed by atoms with Crippen LogP contribution in [-0.2, 0) is 20.9 Å². The van der Waals surface area contributed by atoms with Gasteiger partial charge in [-0.05, 0) is 18.5 Å². The molecule has 0 aliphatic heterocycles. The number of ether oxygens (including phenoxy) is 2. The van der Waals surface area contributed by atoms with Crippen molar-refractivity contribution in [2.45, 2.75) is 26.1 Å². The van der Waals surface area contributed by atoms with Gasteiger partial charge in [0, 0.05) is 6.54 Å². The van der Waals surface area contributed by atoms with Crippen LogP contribution in [0.4, 0.5) is 0 Å². The fourth-order valence-corrected chi connectivity index (χ4v) is 2.04. The smallest absolute Gasteiger partial charge is 0.319 e. The van der Waals surface area contributed by atoms with Gasteiger partial charge in [0.05, 0.1) is 33.0 Å². The number of aliphatic hydroxyl groups excluding tert-OH is 1. The SMILES string of the molecule is CCCN(CC(=O)OC)CC(O)COCc1ccccc1. The van der Waals surface area contributed by atoms with E-state index >= 15 is 0 Å². The van der Waals surface area contributed by atoms with Crippen LogP contribution < -0.4 is 0 Å². The van der Waals surface area contributed by atoms with E-state index in [0.717, 1.165) is 18.5 Å². The molecule has 1 aromatic carbocycles. The highest BCUT2D eigenvalue weighted by Crippen LogP contribution is 2.02. The lowest BCUT2D eigenvalue weighted by atomic mass is 10.2. The van der Waals surface area contributed by atoms with Gasteiger partial charge < -0.3 is 14.6 Å². The molecule has 1 rings (SSSR count). The van der Waals surface area contributed by atoms with Gasteiger partial charge in [0.2, 0.25) is 0 Å². The van der Waals surface area contributed by atoms with Crippen LogP contribution in [0.2, 0.25) is 0 Å². The molecule has 21 heavy (non-hydrogen) atoms. The maximum atomic E-state index is 11.3. The first-order valence-corrected chi connectivity index (χ1v) is 7.24. The first-order valence-electron chi connectivity index (χ1n) is 7.24. The van der Waals surface area contributed by atoms with Crippen molar-refractivity contribution in [2.75, 3.05) is 33.4 Å². The van der Waals surface area contributed by atoms with Gasteiger partial charge in [0.15, 0.2) is 0 Å². The zero-order valence-electron chi connectivity index (χ0n) is 12.8. The van der Waals surface area contributed by atoms with Gasteiger partial charge in [0.25, 0.3) is 0 Å². The van der Waals surface area contributed by atoms with Crippen LogP contribution in [0, 0.1) is 0 Å². The minimum Gasteiger partial charge on any atom is -0.468 e. The molecule has 5 heteroatoms. The van der Waals surface area contributed by atoms with Crippen LogP contribution in [0.25, 0.3) is 0 Å². The number of carbonyl (C=O) groups is 1. The number of rotatable bonds is 10. The standard InChI is InChI=1S/C16H25NO4/c1-3-9-17(11-16(19)20-2)10-15(18)13-21-12-14-7-5-4-6-8-14/h4-8,15,18H,3,9-13H2,1-2H3. The van der Waals surface area contributed by atoms with E-state index in [0.29, 0.717) is 13.2 Å². The van der Waals surface area contributed by atoms with Crippen molar-refractivity contribution in [1.29, 1.82) is 0 Å². The summed E-state index contributed by atoms with van der Waals surface area (Å²) in [5.41, 5.74) is 1.07. The van der Waals surface area contributed by atoms with Crippen LogP contribution in [0.15, 0.2) is 30.3 Å². The first-order chi connectivity index (χ1) is 10.2. The fourth-order valence-electron chi connectivity index (χ4n) is 2.04. The quantitative estimate of drug-likeness (QED) is 0.662. The second-order valence-corrected chi connectivity index (χ2v) is 4.97. The Morgan fingerprint density at radius 3 is 2.67 bits per heavy atom. The third-order valence-electron chi connectivity index (χ3n) is 3.01. The van der Waals surface area contributed by atoms with E-state index < -0.39 is 6.10 Å². The zero-order chi connectivity index (χ0) is 15.5. The minimum absolute atomic E-state index is 0.195. The molecule has 0 spiro atoms. The molecule has 1 aromatic rings. The minimum atomic E-state index is -0.620. The van der Waals surface area contributed by atoms with Gasteiger partial charge in [-0.3, -0.25) is 9.69 Å². The molecule has 0 saturated heterocycles. The maximum Gasteiger partial charge on any atom is 0.319 e. The van der Waals surface area contributed by atoms with Crippen molar-refractivity contribution in [3.8, 4) is 0 Å². The van der Waals surface area contributed by atoms with E-state index in [1.54, 1.807) is 0 Å². The fraction of sp³-hybridized carbons (Fsp3) is 0.562. The average Bonchev–Trinajstić information content (AvgIpc) is 2.48. The van der Waals surface area contributed by atoms with Crippen LogP contribution >= 0.6 is 0 Å². The summed E-state index contributed by atoms with van der Waals surface area (Å²) in [4.78, 5) is 13.2. The van der Waals surface area contributed by atoms with E-state index in [1.807, 2.05) is 42.2 Å². The molecule has 5 nitrogen and oxygen atoms in total. The van der Waals surface area contributed by atoms with Crippen molar-refractivity contribution < 1.29 is 19.4 Å². The Bertz CT molecular complexity index is 397. The number of carbonyl (C=O) groups excluding carboxylic acids is 1. The molecule has 0 saturated carbocycles. The summed E-state index contributed by atoms with van der Waals surface area (Å²) in [5, 5.41) is 9.99. The number of hydrogen-bond donors (Lipinski definition) is 1. The highest BCUT2D eigenvalue weighted by Gasteiger charge is 2.15. The predicted molar refractivity (Wildman–Crippen MR) is 80.9 cm³/mol. The topological polar surface area (TPSA) is 59.0 Å². The summed E-state index contributed by atoms with van der Waals surface area (Å²) in [6, 6.07) is 9.82. The zero-order valence-corrected chi connectivity index (χ0v) is 12.8. The molecule has 1 unspecified atom stereocenters. The molecule has 0 aromatic heterocycles. The summed E-state index contributed by atoms with van der Waals surface area (Å²) >= 11 is 0. The second-order valence-electron chi connectivity index (χ2n) is 4.97. The third-order valence-corrected chi connectivity index (χ3v) is 3.01. The summed E-state index contributed by atoms with van der Waals surface area (Å²) in [6.07, 6.45) is 0.291. The number of nitrogens with zero attached hydrogens (tertiary/aromatic N) is 1. The van der Waals surface area contributed by atoms with E-state index in [-0.39, 0.29) is 19.1 Å². The average molecular weight is 295 g/mol. The van der Waals surface area contributed by atoms with Gasteiger partial charge >= 0.3 is 5.97 Å². The predicted octanol–water partition coefficient (Wildman–Crippen LogP) is 1.45. The first kappa shape index (κ1) is 17.6. The molecule has 1 atom stereocenters. The van der Waals surface area contributed by atoms with Crippen LogP contribution in [0.5, 0.6) is 0 Å². The Labute approximate surface area is 126 Å². The largest absolute Gasteiger partial charge is 0.468 e. The molecule has 1 N–H and O–H groups in total. The van der Waals surface area contributed by atoms with Crippen molar-refractivity contribution in [3.63, 3.8) is 0 Å². The molecule has 118 valence electrons. The number of methoxy groups -OCH3 is 1. The highest BCUT2D eigenvalue weighted by atomic mass is 16.5. The highest BCUT2D eigenvalue weighted by molar-refractivity contribution is 5.71.